The van der Waals surface area contributed by atoms with Gasteiger partial charge in [-0.2, -0.15) is 5.10 Å². The van der Waals surface area contributed by atoms with Crippen molar-refractivity contribution in [2.45, 2.75) is 59.0 Å². The Labute approximate surface area is 135 Å². The molecular weight excluding hydrogens is 296 g/mol. The highest BCUT2D eigenvalue weighted by Gasteiger charge is 2.15. The second-order valence-electron chi connectivity index (χ2n) is 5.97. The average Bonchev–Trinajstić information content (AvgIpc) is 2.87. The van der Waals surface area contributed by atoms with Crippen molar-refractivity contribution in [2.24, 2.45) is 0 Å². The molecule has 22 heavy (non-hydrogen) atoms. The SMILES string of the molecule is CC/C(=C\C(=O)OC(C)(C)C)c1cnn(COCC[Si]C)c1. The summed E-state index contributed by atoms with van der Waals surface area (Å²) in [5.41, 5.74) is 1.36. The van der Waals surface area contributed by atoms with Crippen LogP contribution in [0.25, 0.3) is 5.57 Å². The van der Waals surface area contributed by atoms with Crippen molar-refractivity contribution in [3.63, 3.8) is 0 Å². The maximum Gasteiger partial charge on any atom is 0.331 e. The Morgan fingerprint density at radius 2 is 2.18 bits per heavy atom. The molecule has 0 fully saturated rings. The molecule has 0 spiro atoms. The van der Waals surface area contributed by atoms with Crippen molar-refractivity contribution in [3.8, 4) is 0 Å². The number of esters is 1. The van der Waals surface area contributed by atoms with Crippen LogP contribution in [0.3, 0.4) is 0 Å². The maximum atomic E-state index is 11.9. The molecule has 5 nitrogen and oxygen atoms in total. The quantitative estimate of drug-likeness (QED) is 0.319. The first-order valence-corrected chi connectivity index (χ1v) is 9.25. The first-order valence-electron chi connectivity index (χ1n) is 7.54. The number of ether oxygens (including phenoxy) is 2. The minimum Gasteiger partial charge on any atom is -0.457 e. The van der Waals surface area contributed by atoms with E-state index in [1.54, 1.807) is 17.0 Å². The number of allylic oxidation sites excluding steroid dienone is 1. The monoisotopic (exact) mass is 322 g/mol. The maximum absolute atomic E-state index is 11.9. The lowest BCUT2D eigenvalue weighted by Crippen LogP contribution is -2.22. The Kier molecular flexibility index (Phi) is 7.54. The molecule has 1 aromatic heterocycles. The van der Waals surface area contributed by atoms with Crippen LogP contribution in [-0.4, -0.2) is 37.5 Å². The summed E-state index contributed by atoms with van der Waals surface area (Å²) in [5.74, 6) is -0.322. The summed E-state index contributed by atoms with van der Waals surface area (Å²) in [7, 11) is 0.903. The molecule has 0 atom stereocenters. The molecule has 1 heterocycles. The van der Waals surface area contributed by atoms with E-state index in [0.29, 0.717) is 6.73 Å². The average molecular weight is 322 g/mol. The molecule has 0 saturated carbocycles. The summed E-state index contributed by atoms with van der Waals surface area (Å²) in [6.45, 7) is 10.9. The lowest BCUT2D eigenvalue weighted by Gasteiger charge is -2.18. The Morgan fingerprint density at radius 1 is 1.45 bits per heavy atom. The second kappa shape index (κ2) is 8.90. The second-order valence-corrected chi connectivity index (χ2v) is 7.17. The van der Waals surface area contributed by atoms with Gasteiger partial charge < -0.3 is 9.47 Å². The van der Waals surface area contributed by atoms with E-state index in [0.717, 1.165) is 39.7 Å². The molecule has 0 unspecified atom stereocenters. The van der Waals surface area contributed by atoms with E-state index in [9.17, 15) is 4.79 Å². The third-order valence-corrected chi connectivity index (χ3v) is 3.51. The molecule has 0 aliphatic heterocycles. The Morgan fingerprint density at radius 3 is 2.77 bits per heavy atom. The standard InChI is InChI=1S/C16H26N2O3Si/c1-6-13(9-15(19)21-16(2,3)4)14-10-17-18(11-14)12-20-7-8-22-5/h9-11H,6-8,12H2,1-5H3/b13-9+. The largest absolute Gasteiger partial charge is 0.457 e. The van der Waals surface area contributed by atoms with Crippen LogP contribution >= 0.6 is 0 Å². The van der Waals surface area contributed by atoms with Gasteiger partial charge >= 0.3 is 5.97 Å². The zero-order valence-corrected chi connectivity index (χ0v) is 15.2. The predicted molar refractivity (Wildman–Crippen MR) is 88.7 cm³/mol. The molecule has 0 aliphatic rings. The number of hydrogen-bond donors (Lipinski definition) is 0. The zero-order valence-electron chi connectivity index (χ0n) is 14.2. The molecule has 122 valence electrons. The Hall–Kier alpha value is -1.40. The third kappa shape index (κ3) is 7.04. The van der Waals surface area contributed by atoms with E-state index in [4.69, 9.17) is 9.47 Å². The van der Waals surface area contributed by atoms with Gasteiger partial charge in [-0.3, -0.25) is 0 Å². The summed E-state index contributed by atoms with van der Waals surface area (Å²) < 4.78 is 12.6. The van der Waals surface area contributed by atoms with Gasteiger partial charge in [0, 0.05) is 34.0 Å². The molecule has 0 amide bonds. The number of aromatic nitrogens is 2. The highest BCUT2D eigenvalue weighted by Crippen LogP contribution is 2.18. The minimum absolute atomic E-state index is 0.322. The number of carbonyl (C=O) groups is 1. The molecule has 0 bridgehead atoms. The molecule has 0 saturated heterocycles. The van der Waals surface area contributed by atoms with Crippen LogP contribution in [-0.2, 0) is 21.0 Å². The summed E-state index contributed by atoms with van der Waals surface area (Å²) in [6.07, 6.45) is 5.94. The van der Waals surface area contributed by atoms with Crippen LogP contribution in [0.15, 0.2) is 18.5 Å². The van der Waals surface area contributed by atoms with Crippen molar-refractivity contribution in [1.29, 1.82) is 0 Å². The van der Waals surface area contributed by atoms with Gasteiger partial charge in [0.2, 0.25) is 0 Å². The van der Waals surface area contributed by atoms with Crippen molar-refractivity contribution < 1.29 is 14.3 Å². The first kappa shape index (κ1) is 18.6. The number of nitrogens with zero attached hydrogens (tertiary/aromatic N) is 2. The molecule has 1 rings (SSSR count). The van der Waals surface area contributed by atoms with Gasteiger partial charge in [0.15, 0.2) is 0 Å². The smallest absolute Gasteiger partial charge is 0.331 e. The van der Waals surface area contributed by atoms with Gasteiger partial charge in [-0.05, 0) is 38.8 Å². The summed E-state index contributed by atoms with van der Waals surface area (Å²) >= 11 is 0. The topological polar surface area (TPSA) is 53.3 Å². The van der Waals surface area contributed by atoms with Gasteiger partial charge in [0.1, 0.15) is 12.3 Å². The van der Waals surface area contributed by atoms with Crippen LogP contribution < -0.4 is 0 Å². The lowest BCUT2D eigenvalue weighted by molar-refractivity contribution is -0.148. The van der Waals surface area contributed by atoms with E-state index >= 15 is 0 Å². The lowest BCUT2D eigenvalue weighted by atomic mass is 10.1. The van der Waals surface area contributed by atoms with E-state index in [2.05, 4.69) is 11.6 Å². The molecule has 0 aliphatic carbocycles. The van der Waals surface area contributed by atoms with Crippen molar-refractivity contribution in [3.05, 3.63) is 24.0 Å². The van der Waals surface area contributed by atoms with E-state index < -0.39 is 5.60 Å². The third-order valence-electron chi connectivity index (χ3n) is 2.80. The Balaban J connectivity index is 2.67. The number of rotatable bonds is 8. The van der Waals surface area contributed by atoms with Gasteiger partial charge in [0.05, 0.1) is 6.20 Å². The molecule has 2 radical (unpaired) electrons. The van der Waals surface area contributed by atoms with Crippen LogP contribution in [0.2, 0.25) is 12.6 Å². The van der Waals surface area contributed by atoms with Gasteiger partial charge in [0.25, 0.3) is 0 Å². The summed E-state index contributed by atoms with van der Waals surface area (Å²) in [6, 6.07) is 1.08. The van der Waals surface area contributed by atoms with E-state index in [1.165, 1.54) is 0 Å². The van der Waals surface area contributed by atoms with Gasteiger partial charge in [-0.15, -0.1) is 0 Å². The van der Waals surface area contributed by atoms with Crippen molar-refractivity contribution >= 4 is 21.1 Å². The molecule has 6 heteroatoms. The van der Waals surface area contributed by atoms with Crippen molar-refractivity contribution in [2.75, 3.05) is 6.61 Å². The van der Waals surface area contributed by atoms with E-state index in [1.807, 2.05) is 33.9 Å². The van der Waals surface area contributed by atoms with Crippen LogP contribution in [0, 0.1) is 0 Å². The fourth-order valence-corrected chi connectivity index (χ4v) is 2.14. The summed E-state index contributed by atoms with van der Waals surface area (Å²) in [5, 5.41) is 4.27. The minimum atomic E-state index is -0.482. The number of carbonyl (C=O) groups excluding carboxylic acids is 1. The fourth-order valence-electron chi connectivity index (χ4n) is 1.80. The number of hydrogen-bond acceptors (Lipinski definition) is 4. The van der Waals surface area contributed by atoms with E-state index in [-0.39, 0.29) is 5.97 Å². The highest BCUT2D eigenvalue weighted by atomic mass is 28.2. The van der Waals surface area contributed by atoms with Crippen molar-refractivity contribution in [1.82, 2.24) is 9.78 Å². The van der Waals surface area contributed by atoms with Gasteiger partial charge in [-0.1, -0.05) is 13.5 Å². The highest BCUT2D eigenvalue weighted by molar-refractivity contribution is 6.33. The zero-order chi connectivity index (χ0) is 16.6. The normalized spacial score (nSPS) is 12.5. The predicted octanol–water partition coefficient (Wildman–Crippen LogP) is 3.16. The van der Waals surface area contributed by atoms with Gasteiger partial charge in [-0.25, -0.2) is 9.48 Å². The first-order chi connectivity index (χ1) is 10.4. The summed E-state index contributed by atoms with van der Waals surface area (Å²) in [4.78, 5) is 11.9. The Bertz CT molecular complexity index is 504. The molecule has 0 N–H and O–H groups in total. The molecule has 0 aromatic carbocycles. The van der Waals surface area contributed by atoms with Crippen LogP contribution in [0.5, 0.6) is 0 Å². The van der Waals surface area contributed by atoms with Crippen LogP contribution in [0.1, 0.15) is 39.7 Å². The molecule has 1 aromatic rings. The van der Waals surface area contributed by atoms with Crippen LogP contribution in [0.4, 0.5) is 0 Å². The fraction of sp³-hybridized carbons (Fsp3) is 0.625. The molecular formula is C16H26N2O3Si.